The van der Waals surface area contributed by atoms with Crippen LogP contribution in [-0.2, 0) is 0 Å². The third kappa shape index (κ3) is 3.14. The number of aromatic carboxylic acids is 1. The fourth-order valence-electron chi connectivity index (χ4n) is 1.20. The van der Waals surface area contributed by atoms with Crippen LogP contribution in [0.4, 0.5) is 0 Å². The minimum absolute atomic E-state index is 0.108. The molecule has 1 rings (SSSR count). The number of ether oxygens (including phenoxy) is 1. The smallest absolute Gasteiger partial charge is 0.339 e. The van der Waals surface area contributed by atoms with E-state index in [1.54, 1.807) is 6.07 Å². The number of hydrogen-bond donors (Lipinski definition) is 1. The summed E-state index contributed by atoms with van der Waals surface area (Å²) in [5, 5.41) is 9.45. The number of halogens is 1. The van der Waals surface area contributed by atoms with Crippen molar-refractivity contribution in [2.75, 3.05) is 6.61 Å². The SMILES string of the molecule is Cc1cc(OCC(C)C)c(C(=O)O)cc1Cl. The summed E-state index contributed by atoms with van der Waals surface area (Å²) in [4.78, 5) is 11.0. The lowest BCUT2D eigenvalue weighted by Crippen LogP contribution is -2.09. The van der Waals surface area contributed by atoms with Gasteiger partial charge in [-0.05, 0) is 30.5 Å². The Bertz CT molecular complexity index is 399. The molecule has 0 aromatic heterocycles. The average molecular weight is 243 g/mol. The van der Waals surface area contributed by atoms with E-state index in [2.05, 4.69) is 0 Å². The highest BCUT2D eigenvalue weighted by atomic mass is 35.5. The molecule has 0 fully saturated rings. The van der Waals surface area contributed by atoms with E-state index in [-0.39, 0.29) is 5.56 Å². The first-order valence-electron chi connectivity index (χ1n) is 5.08. The van der Waals surface area contributed by atoms with E-state index in [1.807, 2.05) is 20.8 Å². The molecule has 1 aromatic carbocycles. The van der Waals surface area contributed by atoms with Crippen molar-refractivity contribution in [3.63, 3.8) is 0 Å². The van der Waals surface area contributed by atoms with Gasteiger partial charge < -0.3 is 9.84 Å². The van der Waals surface area contributed by atoms with Gasteiger partial charge in [-0.3, -0.25) is 0 Å². The molecule has 0 aliphatic rings. The number of carbonyl (C=O) groups is 1. The molecule has 88 valence electrons. The van der Waals surface area contributed by atoms with Crippen molar-refractivity contribution in [3.05, 3.63) is 28.3 Å². The van der Waals surface area contributed by atoms with E-state index >= 15 is 0 Å². The molecule has 1 N–H and O–H groups in total. The highest BCUT2D eigenvalue weighted by Crippen LogP contribution is 2.27. The number of hydrogen-bond acceptors (Lipinski definition) is 2. The minimum Gasteiger partial charge on any atom is -0.492 e. The van der Waals surface area contributed by atoms with Crippen molar-refractivity contribution in [1.29, 1.82) is 0 Å². The predicted octanol–water partition coefficient (Wildman–Crippen LogP) is 3.38. The number of rotatable bonds is 4. The molecule has 0 aliphatic heterocycles. The Hall–Kier alpha value is -1.22. The summed E-state index contributed by atoms with van der Waals surface area (Å²) in [6.45, 7) is 6.31. The van der Waals surface area contributed by atoms with Gasteiger partial charge in [-0.1, -0.05) is 25.4 Å². The van der Waals surface area contributed by atoms with Crippen LogP contribution in [0.5, 0.6) is 5.75 Å². The van der Waals surface area contributed by atoms with Crippen molar-refractivity contribution < 1.29 is 14.6 Å². The van der Waals surface area contributed by atoms with Crippen molar-refractivity contribution in [2.45, 2.75) is 20.8 Å². The normalized spacial score (nSPS) is 10.6. The van der Waals surface area contributed by atoms with Crippen LogP contribution in [0.15, 0.2) is 12.1 Å². The van der Waals surface area contributed by atoms with E-state index in [1.165, 1.54) is 6.07 Å². The maximum absolute atomic E-state index is 11.0. The van der Waals surface area contributed by atoms with Gasteiger partial charge >= 0.3 is 5.97 Å². The molecule has 0 saturated carbocycles. The molecular formula is C12H15ClO3. The Morgan fingerprint density at radius 3 is 2.62 bits per heavy atom. The number of aryl methyl sites for hydroxylation is 1. The molecule has 0 saturated heterocycles. The zero-order valence-electron chi connectivity index (χ0n) is 9.58. The fraction of sp³-hybridized carbons (Fsp3) is 0.417. The van der Waals surface area contributed by atoms with Gasteiger partial charge in [0.25, 0.3) is 0 Å². The fourth-order valence-corrected chi connectivity index (χ4v) is 1.36. The third-order valence-electron chi connectivity index (χ3n) is 2.06. The summed E-state index contributed by atoms with van der Waals surface area (Å²) in [6.07, 6.45) is 0. The van der Waals surface area contributed by atoms with Crippen LogP contribution in [0.1, 0.15) is 29.8 Å². The maximum Gasteiger partial charge on any atom is 0.339 e. The molecule has 1 aromatic rings. The number of carboxylic acids is 1. The van der Waals surface area contributed by atoms with E-state index in [0.717, 1.165) is 5.56 Å². The molecule has 0 atom stereocenters. The van der Waals surface area contributed by atoms with Gasteiger partial charge in [0.1, 0.15) is 11.3 Å². The average Bonchev–Trinajstić information content (AvgIpc) is 2.18. The lowest BCUT2D eigenvalue weighted by molar-refractivity contribution is 0.0691. The van der Waals surface area contributed by atoms with E-state index < -0.39 is 5.97 Å². The summed E-state index contributed by atoms with van der Waals surface area (Å²) >= 11 is 5.87. The summed E-state index contributed by atoms with van der Waals surface area (Å²) < 4.78 is 5.46. The van der Waals surface area contributed by atoms with Gasteiger partial charge in [0.2, 0.25) is 0 Å². The van der Waals surface area contributed by atoms with Crippen LogP contribution < -0.4 is 4.74 Å². The van der Waals surface area contributed by atoms with Crippen molar-refractivity contribution in [2.24, 2.45) is 5.92 Å². The second-order valence-corrected chi connectivity index (χ2v) is 4.51. The molecule has 0 radical (unpaired) electrons. The lowest BCUT2D eigenvalue weighted by Gasteiger charge is -2.12. The summed E-state index contributed by atoms with van der Waals surface area (Å²) in [5.41, 5.74) is 0.918. The Morgan fingerprint density at radius 2 is 2.12 bits per heavy atom. The second kappa shape index (κ2) is 5.21. The predicted molar refractivity (Wildman–Crippen MR) is 63.5 cm³/mol. The largest absolute Gasteiger partial charge is 0.492 e. The van der Waals surface area contributed by atoms with Crippen molar-refractivity contribution in [3.8, 4) is 5.75 Å². The van der Waals surface area contributed by atoms with Crippen LogP contribution in [0.3, 0.4) is 0 Å². The summed E-state index contributed by atoms with van der Waals surface area (Å²) in [6, 6.07) is 3.09. The van der Waals surface area contributed by atoms with Crippen LogP contribution in [0.25, 0.3) is 0 Å². The van der Waals surface area contributed by atoms with E-state index in [4.69, 9.17) is 21.4 Å². The second-order valence-electron chi connectivity index (χ2n) is 4.11. The summed E-state index contributed by atoms with van der Waals surface area (Å²) in [7, 11) is 0. The molecule has 0 spiro atoms. The van der Waals surface area contributed by atoms with Crippen molar-refractivity contribution in [1.82, 2.24) is 0 Å². The first kappa shape index (κ1) is 12.8. The topological polar surface area (TPSA) is 46.5 Å². The van der Waals surface area contributed by atoms with Gasteiger partial charge in [0.15, 0.2) is 0 Å². The van der Waals surface area contributed by atoms with Gasteiger partial charge in [-0.15, -0.1) is 0 Å². The Balaban J connectivity index is 3.05. The van der Waals surface area contributed by atoms with E-state index in [0.29, 0.717) is 23.3 Å². The zero-order valence-corrected chi connectivity index (χ0v) is 10.3. The molecule has 0 bridgehead atoms. The van der Waals surface area contributed by atoms with Crippen molar-refractivity contribution >= 4 is 17.6 Å². The van der Waals surface area contributed by atoms with Gasteiger partial charge in [-0.2, -0.15) is 0 Å². The van der Waals surface area contributed by atoms with Crippen LogP contribution in [0, 0.1) is 12.8 Å². The lowest BCUT2D eigenvalue weighted by atomic mass is 10.1. The molecule has 0 amide bonds. The first-order valence-corrected chi connectivity index (χ1v) is 5.46. The molecule has 0 unspecified atom stereocenters. The monoisotopic (exact) mass is 242 g/mol. The third-order valence-corrected chi connectivity index (χ3v) is 2.47. The van der Waals surface area contributed by atoms with Crippen LogP contribution in [0.2, 0.25) is 5.02 Å². The Labute approximate surface area is 100.0 Å². The zero-order chi connectivity index (χ0) is 12.3. The molecule has 4 heteroatoms. The number of carboxylic acid groups (broad SMARTS) is 1. The molecule has 16 heavy (non-hydrogen) atoms. The highest BCUT2D eigenvalue weighted by Gasteiger charge is 2.14. The van der Waals surface area contributed by atoms with E-state index in [9.17, 15) is 4.79 Å². The molecule has 0 heterocycles. The minimum atomic E-state index is -1.03. The quantitative estimate of drug-likeness (QED) is 0.881. The van der Waals surface area contributed by atoms with Gasteiger partial charge in [0.05, 0.1) is 6.61 Å². The first-order chi connectivity index (χ1) is 7.41. The van der Waals surface area contributed by atoms with Gasteiger partial charge in [-0.25, -0.2) is 4.79 Å². The summed E-state index contributed by atoms with van der Waals surface area (Å²) in [5.74, 6) is -0.304. The van der Waals surface area contributed by atoms with Gasteiger partial charge in [0, 0.05) is 5.02 Å². The van der Waals surface area contributed by atoms with Crippen LogP contribution in [-0.4, -0.2) is 17.7 Å². The highest BCUT2D eigenvalue weighted by molar-refractivity contribution is 6.31. The number of benzene rings is 1. The molecule has 0 aliphatic carbocycles. The Kier molecular flexibility index (Phi) is 4.19. The molecular weight excluding hydrogens is 228 g/mol. The Morgan fingerprint density at radius 1 is 1.50 bits per heavy atom. The maximum atomic E-state index is 11.0. The van der Waals surface area contributed by atoms with Crippen LogP contribution >= 0.6 is 11.6 Å². The standard InChI is InChI=1S/C12H15ClO3/c1-7(2)6-16-11-4-8(3)10(13)5-9(11)12(14)15/h4-5,7H,6H2,1-3H3,(H,14,15). The molecule has 3 nitrogen and oxygen atoms in total.